The van der Waals surface area contributed by atoms with Crippen LogP contribution in [0.15, 0.2) is 66.7 Å². The minimum absolute atomic E-state index is 0.0312. The molecule has 1 amide bonds. The van der Waals surface area contributed by atoms with Gasteiger partial charge in [0.1, 0.15) is 15.8 Å². The Hall–Kier alpha value is -3.22. The van der Waals surface area contributed by atoms with E-state index in [9.17, 15) is 4.79 Å². The molecule has 4 nitrogen and oxygen atoms in total. The molecule has 5 aromatic rings. The van der Waals surface area contributed by atoms with E-state index in [1.54, 1.807) is 22.7 Å². The van der Waals surface area contributed by atoms with Gasteiger partial charge in [0.2, 0.25) is 0 Å². The molecule has 0 fully saturated rings. The van der Waals surface area contributed by atoms with E-state index in [0.29, 0.717) is 11.7 Å². The smallest absolute Gasteiger partial charge is 0.262 e. The zero-order chi connectivity index (χ0) is 23.1. The molecule has 34 heavy (non-hydrogen) atoms. The highest BCUT2D eigenvalue weighted by atomic mass is 32.1. The first-order valence-corrected chi connectivity index (χ1v) is 13.2. The number of fused-ring (bicyclic) bond motifs is 3. The number of thiazole rings is 1. The maximum Gasteiger partial charge on any atom is 0.262 e. The minimum atomic E-state index is -0.151. The first kappa shape index (κ1) is 21.3. The second-order valence-electron chi connectivity index (χ2n) is 8.89. The normalized spacial score (nSPS) is 15.4. The number of ether oxygens (including phenoxy) is 1. The topological polar surface area (TPSA) is 51.2 Å². The number of amides is 1. The maximum absolute atomic E-state index is 12.9. The van der Waals surface area contributed by atoms with Gasteiger partial charge in [0, 0.05) is 10.4 Å². The van der Waals surface area contributed by atoms with Crippen molar-refractivity contribution in [3.8, 4) is 16.3 Å². The number of rotatable bonds is 5. The fourth-order valence-corrected chi connectivity index (χ4v) is 7.15. The Labute approximate surface area is 206 Å². The molecule has 0 aliphatic heterocycles. The number of nitrogens with one attached hydrogen (secondary N) is 1. The van der Waals surface area contributed by atoms with Gasteiger partial charge in [-0.2, -0.15) is 0 Å². The SMILES string of the molecule is CC1CCc2c(sc(NC(=O)COc3ccc4ccccc4c3)c2-c2nc3ccccc3s2)C1. The van der Waals surface area contributed by atoms with Crippen LogP contribution in [0.4, 0.5) is 5.00 Å². The molecule has 170 valence electrons. The summed E-state index contributed by atoms with van der Waals surface area (Å²) in [4.78, 5) is 19.2. The van der Waals surface area contributed by atoms with Gasteiger partial charge in [-0.3, -0.25) is 4.79 Å². The lowest BCUT2D eigenvalue weighted by atomic mass is 9.88. The molecule has 1 unspecified atom stereocenters. The molecule has 6 heteroatoms. The summed E-state index contributed by atoms with van der Waals surface area (Å²) in [5.41, 5.74) is 3.46. The zero-order valence-electron chi connectivity index (χ0n) is 18.8. The Morgan fingerprint density at radius 3 is 2.76 bits per heavy atom. The highest BCUT2D eigenvalue weighted by Gasteiger charge is 2.27. The van der Waals surface area contributed by atoms with Crippen LogP contribution in [0.1, 0.15) is 23.8 Å². The van der Waals surface area contributed by atoms with Crippen molar-refractivity contribution in [3.05, 3.63) is 77.2 Å². The summed E-state index contributed by atoms with van der Waals surface area (Å²) in [5.74, 6) is 1.20. The van der Waals surface area contributed by atoms with Crippen molar-refractivity contribution in [1.82, 2.24) is 4.98 Å². The van der Waals surface area contributed by atoms with Gasteiger partial charge in [-0.1, -0.05) is 49.4 Å². The summed E-state index contributed by atoms with van der Waals surface area (Å²) in [6.07, 6.45) is 3.25. The molecule has 1 atom stereocenters. The lowest BCUT2D eigenvalue weighted by Crippen LogP contribution is -2.20. The van der Waals surface area contributed by atoms with E-state index in [2.05, 4.69) is 24.4 Å². The van der Waals surface area contributed by atoms with Crippen LogP contribution in [0.5, 0.6) is 5.75 Å². The summed E-state index contributed by atoms with van der Waals surface area (Å²) in [6.45, 7) is 2.27. The third-order valence-corrected chi connectivity index (χ3v) is 8.59. The third-order valence-electron chi connectivity index (χ3n) is 6.36. The molecule has 0 saturated carbocycles. The predicted octanol–water partition coefficient (Wildman–Crippen LogP) is 7.32. The second-order valence-corrected chi connectivity index (χ2v) is 11.0. The number of carbonyl (C=O) groups is 1. The highest BCUT2D eigenvalue weighted by molar-refractivity contribution is 7.22. The molecule has 3 aromatic carbocycles. The Balaban J connectivity index is 1.27. The van der Waals surface area contributed by atoms with Crippen molar-refractivity contribution < 1.29 is 9.53 Å². The van der Waals surface area contributed by atoms with Crippen LogP contribution in [-0.4, -0.2) is 17.5 Å². The molecule has 2 aromatic heterocycles. The van der Waals surface area contributed by atoms with Crippen molar-refractivity contribution >= 4 is 54.6 Å². The van der Waals surface area contributed by atoms with Crippen LogP contribution in [0, 0.1) is 5.92 Å². The monoisotopic (exact) mass is 484 g/mol. The molecule has 1 N–H and O–H groups in total. The number of anilines is 1. The fourth-order valence-electron chi connectivity index (χ4n) is 4.61. The number of aromatic nitrogens is 1. The number of hydrogen-bond donors (Lipinski definition) is 1. The van der Waals surface area contributed by atoms with Gasteiger partial charge in [-0.05, 0) is 65.8 Å². The van der Waals surface area contributed by atoms with Gasteiger partial charge in [0.15, 0.2) is 6.61 Å². The molecule has 0 spiro atoms. The first-order chi connectivity index (χ1) is 16.6. The van der Waals surface area contributed by atoms with Crippen LogP contribution in [-0.2, 0) is 17.6 Å². The molecule has 6 rings (SSSR count). The Morgan fingerprint density at radius 1 is 1.06 bits per heavy atom. The van der Waals surface area contributed by atoms with Crippen molar-refractivity contribution in [2.45, 2.75) is 26.2 Å². The average Bonchev–Trinajstić information content (AvgIpc) is 3.42. The van der Waals surface area contributed by atoms with Crippen molar-refractivity contribution in [1.29, 1.82) is 0 Å². The van der Waals surface area contributed by atoms with Crippen LogP contribution in [0.2, 0.25) is 0 Å². The Kier molecular flexibility index (Phi) is 5.55. The van der Waals surface area contributed by atoms with E-state index < -0.39 is 0 Å². The number of nitrogens with zero attached hydrogens (tertiary/aromatic N) is 1. The predicted molar refractivity (Wildman–Crippen MR) is 142 cm³/mol. The molecule has 1 aliphatic carbocycles. The third kappa shape index (κ3) is 4.08. The summed E-state index contributed by atoms with van der Waals surface area (Å²) >= 11 is 3.40. The molecule has 0 radical (unpaired) electrons. The van der Waals surface area contributed by atoms with E-state index in [1.807, 2.05) is 54.6 Å². The van der Waals surface area contributed by atoms with Crippen LogP contribution < -0.4 is 10.1 Å². The molecular formula is C28H24N2O2S2. The van der Waals surface area contributed by atoms with Crippen molar-refractivity contribution in [3.63, 3.8) is 0 Å². The number of carbonyl (C=O) groups excluding carboxylic acids is 1. The van der Waals surface area contributed by atoms with Crippen LogP contribution >= 0.6 is 22.7 Å². The fraction of sp³-hybridized carbons (Fsp3) is 0.214. The summed E-state index contributed by atoms with van der Waals surface area (Å²) < 4.78 is 7.01. The van der Waals surface area contributed by atoms with Gasteiger partial charge in [0.25, 0.3) is 5.91 Å². The summed E-state index contributed by atoms with van der Waals surface area (Å²) in [7, 11) is 0. The quantitative estimate of drug-likeness (QED) is 0.284. The lowest BCUT2D eigenvalue weighted by molar-refractivity contribution is -0.118. The van der Waals surface area contributed by atoms with Crippen molar-refractivity contribution in [2.24, 2.45) is 5.92 Å². The minimum Gasteiger partial charge on any atom is -0.484 e. The number of hydrogen-bond acceptors (Lipinski definition) is 5. The summed E-state index contributed by atoms with van der Waals surface area (Å²) in [6, 6.07) is 22.2. The molecule has 0 bridgehead atoms. The van der Waals surface area contributed by atoms with E-state index >= 15 is 0 Å². The van der Waals surface area contributed by atoms with Gasteiger partial charge < -0.3 is 10.1 Å². The van der Waals surface area contributed by atoms with E-state index in [-0.39, 0.29) is 12.5 Å². The molecule has 0 saturated heterocycles. The number of para-hydroxylation sites is 1. The number of thiophene rings is 1. The van der Waals surface area contributed by atoms with Crippen molar-refractivity contribution in [2.75, 3.05) is 11.9 Å². The molecule has 2 heterocycles. The first-order valence-electron chi connectivity index (χ1n) is 11.6. The Morgan fingerprint density at radius 2 is 1.88 bits per heavy atom. The zero-order valence-corrected chi connectivity index (χ0v) is 20.5. The molecular weight excluding hydrogens is 460 g/mol. The van der Waals surface area contributed by atoms with E-state index in [4.69, 9.17) is 9.72 Å². The largest absolute Gasteiger partial charge is 0.484 e. The van der Waals surface area contributed by atoms with Crippen LogP contribution in [0.25, 0.3) is 31.6 Å². The van der Waals surface area contributed by atoms with E-state index in [0.717, 1.165) is 44.7 Å². The van der Waals surface area contributed by atoms with Gasteiger partial charge >= 0.3 is 0 Å². The lowest BCUT2D eigenvalue weighted by Gasteiger charge is -2.18. The van der Waals surface area contributed by atoms with Gasteiger partial charge in [0.05, 0.1) is 10.2 Å². The highest BCUT2D eigenvalue weighted by Crippen LogP contribution is 2.47. The van der Waals surface area contributed by atoms with Crippen LogP contribution in [0.3, 0.4) is 0 Å². The second kappa shape index (κ2) is 8.85. The molecule has 1 aliphatic rings. The Bertz CT molecular complexity index is 1480. The average molecular weight is 485 g/mol. The number of benzene rings is 3. The standard InChI is InChI=1S/C28H24N2O2S2/c1-17-10-13-21-24(14-17)34-28(26(21)27-29-22-8-4-5-9-23(22)33-27)30-25(31)16-32-20-12-11-18-6-2-3-7-19(18)15-20/h2-9,11-12,15,17H,10,13-14,16H2,1H3,(H,30,31). The summed E-state index contributed by atoms with van der Waals surface area (Å²) in [5, 5.41) is 7.28. The van der Waals surface area contributed by atoms with Gasteiger partial charge in [-0.15, -0.1) is 22.7 Å². The van der Waals surface area contributed by atoms with Gasteiger partial charge in [-0.25, -0.2) is 4.98 Å². The van der Waals surface area contributed by atoms with E-state index in [1.165, 1.54) is 21.6 Å². The maximum atomic E-state index is 12.9.